The molecule has 22 heavy (non-hydrogen) atoms. The summed E-state index contributed by atoms with van der Waals surface area (Å²) >= 11 is 0. The van der Waals surface area contributed by atoms with Crippen LogP contribution < -0.4 is 5.56 Å². The molecule has 2 aliphatic heterocycles. The van der Waals surface area contributed by atoms with Gasteiger partial charge in [0.25, 0.3) is 5.56 Å². The van der Waals surface area contributed by atoms with Crippen LogP contribution in [0.3, 0.4) is 0 Å². The van der Waals surface area contributed by atoms with Crippen LogP contribution in [0.5, 0.6) is 0 Å². The molecule has 2 aliphatic rings. The second-order valence-corrected chi connectivity index (χ2v) is 5.95. The number of carbonyl (C=O) groups excluding carboxylic acids is 2. The van der Waals surface area contributed by atoms with E-state index in [1.54, 1.807) is 30.3 Å². The summed E-state index contributed by atoms with van der Waals surface area (Å²) in [7, 11) is 1.70. The van der Waals surface area contributed by atoms with E-state index in [9.17, 15) is 14.4 Å². The fourth-order valence-electron chi connectivity index (χ4n) is 3.08. The molecule has 0 saturated carbocycles. The number of likely N-dealkylation sites (tertiary alicyclic amines) is 1. The Bertz CT molecular complexity index is 656. The van der Waals surface area contributed by atoms with Crippen molar-refractivity contribution in [3.63, 3.8) is 0 Å². The molecule has 2 fully saturated rings. The molecule has 1 aromatic rings. The summed E-state index contributed by atoms with van der Waals surface area (Å²) in [5, 5.41) is 0. The minimum Gasteiger partial charge on any atom is -0.439 e. The molecule has 1 aromatic heterocycles. The number of aryl methyl sites for hydroxylation is 1. The number of carbonyl (C=O) groups is 2. The van der Waals surface area contributed by atoms with E-state index in [0.717, 1.165) is 0 Å². The third kappa shape index (κ3) is 2.70. The van der Waals surface area contributed by atoms with E-state index in [1.807, 2.05) is 0 Å². The molecule has 0 aliphatic carbocycles. The number of hydrogen-bond donors (Lipinski definition) is 0. The van der Waals surface area contributed by atoms with Crippen LogP contribution in [-0.2, 0) is 16.1 Å². The molecular weight excluding hydrogens is 286 g/mol. The number of pyridine rings is 1. The SMILES string of the molecule is CN1C[C@@]2(CCN(C(=O)CCn3ccccc3=O)C2)OC1=O. The molecule has 7 nitrogen and oxygen atoms in total. The number of rotatable bonds is 3. The molecular formula is C15H19N3O4. The van der Waals surface area contributed by atoms with Gasteiger partial charge in [0.15, 0.2) is 5.60 Å². The van der Waals surface area contributed by atoms with Crippen LogP contribution in [0, 0.1) is 0 Å². The van der Waals surface area contributed by atoms with Gasteiger partial charge in [-0.05, 0) is 6.07 Å². The average molecular weight is 305 g/mol. The minimum atomic E-state index is -0.551. The van der Waals surface area contributed by atoms with E-state index in [1.165, 1.54) is 15.5 Å². The topological polar surface area (TPSA) is 71.8 Å². The summed E-state index contributed by atoms with van der Waals surface area (Å²) in [6, 6.07) is 4.92. The fraction of sp³-hybridized carbons (Fsp3) is 0.533. The second kappa shape index (κ2) is 5.47. The Kier molecular flexibility index (Phi) is 3.64. The molecule has 1 atom stereocenters. The maximum absolute atomic E-state index is 12.3. The zero-order chi connectivity index (χ0) is 15.7. The summed E-state index contributed by atoms with van der Waals surface area (Å²) in [5.41, 5.74) is -0.662. The van der Waals surface area contributed by atoms with Gasteiger partial charge in [0.1, 0.15) is 0 Å². The number of ether oxygens (including phenoxy) is 1. The van der Waals surface area contributed by atoms with E-state index in [-0.39, 0.29) is 24.0 Å². The molecule has 0 unspecified atom stereocenters. The highest BCUT2D eigenvalue weighted by Crippen LogP contribution is 2.31. The second-order valence-electron chi connectivity index (χ2n) is 5.95. The highest BCUT2D eigenvalue weighted by molar-refractivity contribution is 5.77. The number of hydrogen-bond acceptors (Lipinski definition) is 4. The Labute approximate surface area is 128 Å². The molecule has 3 heterocycles. The Hall–Kier alpha value is -2.31. The van der Waals surface area contributed by atoms with Crippen molar-refractivity contribution in [1.82, 2.24) is 14.4 Å². The van der Waals surface area contributed by atoms with Crippen molar-refractivity contribution in [2.45, 2.75) is 25.0 Å². The average Bonchev–Trinajstić information content (AvgIpc) is 3.01. The first-order valence-corrected chi connectivity index (χ1v) is 7.36. The largest absolute Gasteiger partial charge is 0.439 e. The van der Waals surface area contributed by atoms with Crippen molar-refractivity contribution in [2.75, 3.05) is 26.7 Å². The van der Waals surface area contributed by atoms with Crippen LogP contribution in [0.15, 0.2) is 29.2 Å². The highest BCUT2D eigenvalue weighted by Gasteiger charge is 2.49. The van der Waals surface area contributed by atoms with Crippen LogP contribution in [0.25, 0.3) is 0 Å². The number of likely N-dealkylation sites (N-methyl/N-ethyl adjacent to an activating group) is 1. The maximum atomic E-state index is 12.3. The maximum Gasteiger partial charge on any atom is 0.410 e. The third-order valence-electron chi connectivity index (χ3n) is 4.28. The molecule has 0 radical (unpaired) electrons. The number of amides is 2. The van der Waals surface area contributed by atoms with Crippen molar-refractivity contribution in [2.24, 2.45) is 0 Å². The van der Waals surface area contributed by atoms with Gasteiger partial charge in [-0.3, -0.25) is 9.59 Å². The minimum absolute atomic E-state index is 0.0155. The molecule has 3 rings (SSSR count). The lowest BCUT2D eigenvalue weighted by Gasteiger charge is -2.21. The van der Waals surface area contributed by atoms with Crippen LogP contribution in [0.1, 0.15) is 12.8 Å². The first kappa shape index (κ1) is 14.6. The van der Waals surface area contributed by atoms with Crippen LogP contribution in [0.4, 0.5) is 4.79 Å². The molecule has 2 saturated heterocycles. The van der Waals surface area contributed by atoms with Gasteiger partial charge in [-0.2, -0.15) is 0 Å². The summed E-state index contributed by atoms with van der Waals surface area (Å²) in [4.78, 5) is 38.7. The lowest BCUT2D eigenvalue weighted by atomic mass is 10.0. The Balaban J connectivity index is 1.57. The lowest BCUT2D eigenvalue weighted by molar-refractivity contribution is -0.131. The summed E-state index contributed by atoms with van der Waals surface area (Å²) < 4.78 is 6.94. The van der Waals surface area contributed by atoms with Crippen molar-refractivity contribution < 1.29 is 14.3 Å². The van der Waals surface area contributed by atoms with E-state index < -0.39 is 5.60 Å². The van der Waals surface area contributed by atoms with Crippen molar-refractivity contribution in [3.8, 4) is 0 Å². The summed E-state index contributed by atoms with van der Waals surface area (Å²) in [6.07, 6.45) is 2.28. The molecule has 7 heteroatoms. The van der Waals surface area contributed by atoms with Gasteiger partial charge in [0.05, 0.1) is 13.1 Å². The standard InChI is InChI=1S/C15H19N3O4/c1-16-10-15(22-14(16)21)6-9-18(11-15)13(20)5-8-17-7-3-2-4-12(17)19/h2-4,7H,5-6,8-11H2,1H3/t15-/m1/s1. The number of aromatic nitrogens is 1. The van der Waals surface area contributed by atoms with Crippen molar-refractivity contribution >= 4 is 12.0 Å². The predicted octanol–water partition coefficient (Wildman–Crippen LogP) is 0.291. The monoisotopic (exact) mass is 305 g/mol. The van der Waals surface area contributed by atoms with Crippen LogP contribution in [-0.4, -0.2) is 58.7 Å². The van der Waals surface area contributed by atoms with Crippen LogP contribution in [0.2, 0.25) is 0 Å². The van der Waals surface area contributed by atoms with E-state index in [4.69, 9.17) is 4.74 Å². The van der Waals surface area contributed by atoms with Crippen molar-refractivity contribution in [3.05, 3.63) is 34.7 Å². The predicted molar refractivity (Wildman–Crippen MR) is 78.4 cm³/mol. The van der Waals surface area contributed by atoms with E-state index in [2.05, 4.69) is 0 Å². The molecule has 1 spiro atoms. The molecule has 0 N–H and O–H groups in total. The molecule has 2 amide bonds. The fourth-order valence-corrected chi connectivity index (χ4v) is 3.08. The van der Waals surface area contributed by atoms with Gasteiger partial charge in [-0.25, -0.2) is 4.79 Å². The van der Waals surface area contributed by atoms with Gasteiger partial charge >= 0.3 is 6.09 Å². The lowest BCUT2D eigenvalue weighted by Crippen LogP contribution is -2.39. The van der Waals surface area contributed by atoms with Crippen LogP contribution >= 0.6 is 0 Å². The number of nitrogens with zero attached hydrogens (tertiary/aromatic N) is 3. The van der Waals surface area contributed by atoms with E-state index >= 15 is 0 Å². The van der Waals surface area contributed by atoms with Gasteiger partial charge in [-0.15, -0.1) is 0 Å². The highest BCUT2D eigenvalue weighted by atomic mass is 16.6. The Morgan fingerprint density at radius 1 is 1.32 bits per heavy atom. The van der Waals surface area contributed by atoms with Crippen molar-refractivity contribution in [1.29, 1.82) is 0 Å². The van der Waals surface area contributed by atoms with Gasteiger partial charge in [0.2, 0.25) is 5.91 Å². The quantitative estimate of drug-likeness (QED) is 0.805. The Morgan fingerprint density at radius 2 is 2.14 bits per heavy atom. The zero-order valence-corrected chi connectivity index (χ0v) is 12.5. The normalized spacial score (nSPS) is 24.1. The first-order valence-electron chi connectivity index (χ1n) is 7.36. The van der Waals surface area contributed by atoms with Gasteiger partial charge < -0.3 is 19.1 Å². The molecule has 0 bridgehead atoms. The third-order valence-corrected chi connectivity index (χ3v) is 4.28. The van der Waals surface area contributed by atoms with Gasteiger partial charge in [-0.1, -0.05) is 6.07 Å². The first-order chi connectivity index (χ1) is 10.5. The summed E-state index contributed by atoms with van der Waals surface area (Å²) in [5.74, 6) is -0.0155. The van der Waals surface area contributed by atoms with Gasteiger partial charge in [0, 0.05) is 45.2 Å². The summed E-state index contributed by atoms with van der Waals surface area (Å²) in [6.45, 7) is 1.91. The van der Waals surface area contributed by atoms with E-state index in [0.29, 0.717) is 32.6 Å². The molecule has 118 valence electrons. The zero-order valence-electron chi connectivity index (χ0n) is 12.5. The Morgan fingerprint density at radius 3 is 2.82 bits per heavy atom. The smallest absolute Gasteiger partial charge is 0.410 e. The molecule has 0 aromatic carbocycles.